The molecule has 0 amide bonds. The van der Waals surface area contributed by atoms with Gasteiger partial charge in [-0.25, -0.2) is 0 Å². The van der Waals surface area contributed by atoms with Crippen LogP contribution in [-0.2, 0) is 6.42 Å². The summed E-state index contributed by atoms with van der Waals surface area (Å²) in [5.74, 6) is 7.63. The van der Waals surface area contributed by atoms with Gasteiger partial charge >= 0.3 is 0 Å². The summed E-state index contributed by atoms with van der Waals surface area (Å²) in [4.78, 5) is 0. The standard InChI is InChI=1S/C17H24O/c1-6-8-13(3)12-16-9-10-17(18-11-7-2)15(5)14(16)4/h9-10,13H,7,11-12H2,1-5H3. The Morgan fingerprint density at radius 1 is 1.22 bits per heavy atom. The highest BCUT2D eigenvalue weighted by Gasteiger charge is 2.09. The first-order chi connectivity index (χ1) is 8.60. The lowest BCUT2D eigenvalue weighted by atomic mass is 9.94. The van der Waals surface area contributed by atoms with Gasteiger partial charge in [-0.15, -0.1) is 11.8 Å². The Labute approximate surface area is 112 Å². The van der Waals surface area contributed by atoms with E-state index in [9.17, 15) is 0 Å². The van der Waals surface area contributed by atoms with Crippen molar-refractivity contribution in [1.82, 2.24) is 0 Å². The maximum Gasteiger partial charge on any atom is 0.122 e. The minimum atomic E-state index is 0.413. The largest absolute Gasteiger partial charge is 0.493 e. The molecule has 0 bridgehead atoms. The van der Waals surface area contributed by atoms with E-state index in [1.54, 1.807) is 0 Å². The summed E-state index contributed by atoms with van der Waals surface area (Å²) < 4.78 is 5.75. The van der Waals surface area contributed by atoms with Crippen LogP contribution < -0.4 is 4.74 Å². The summed E-state index contributed by atoms with van der Waals surface area (Å²) in [7, 11) is 0. The minimum absolute atomic E-state index is 0.413. The third-order valence-corrected chi connectivity index (χ3v) is 3.23. The third kappa shape index (κ3) is 3.81. The van der Waals surface area contributed by atoms with Crippen molar-refractivity contribution in [3.05, 3.63) is 28.8 Å². The summed E-state index contributed by atoms with van der Waals surface area (Å²) in [6.07, 6.45) is 2.06. The van der Waals surface area contributed by atoms with E-state index in [2.05, 4.69) is 51.7 Å². The summed E-state index contributed by atoms with van der Waals surface area (Å²) in [6.45, 7) is 11.3. The zero-order valence-electron chi connectivity index (χ0n) is 12.3. The molecule has 0 aliphatic rings. The van der Waals surface area contributed by atoms with Crippen LogP contribution >= 0.6 is 0 Å². The van der Waals surface area contributed by atoms with Gasteiger partial charge in [0, 0.05) is 5.92 Å². The Balaban J connectivity index is 2.88. The highest BCUT2D eigenvalue weighted by atomic mass is 16.5. The average Bonchev–Trinajstić information content (AvgIpc) is 2.34. The third-order valence-electron chi connectivity index (χ3n) is 3.23. The van der Waals surface area contributed by atoms with Crippen molar-refractivity contribution in [2.75, 3.05) is 6.61 Å². The molecular formula is C17H24O. The zero-order valence-corrected chi connectivity index (χ0v) is 12.3. The molecule has 1 unspecified atom stereocenters. The molecule has 0 saturated carbocycles. The van der Waals surface area contributed by atoms with Crippen molar-refractivity contribution in [2.24, 2.45) is 5.92 Å². The molecular weight excluding hydrogens is 220 g/mol. The van der Waals surface area contributed by atoms with Gasteiger partial charge in [-0.2, -0.15) is 0 Å². The smallest absolute Gasteiger partial charge is 0.122 e. The van der Waals surface area contributed by atoms with Gasteiger partial charge in [-0.1, -0.05) is 19.9 Å². The number of hydrogen-bond acceptors (Lipinski definition) is 1. The van der Waals surface area contributed by atoms with Crippen molar-refractivity contribution < 1.29 is 4.74 Å². The second-order valence-electron chi connectivity index (χ2n) is 4.82. The molecule has 0 N–H and O–H groups in total. The van der Waals surface area contributed by atoms with Crippen LogP contribution in [0.4, 0.5) is 0 Å². The van der Waals surface area contributed by atoms with E-state index >= 15 is 0 Å². The SMILES string of the molecule is CC#CC(C)Cc1ccc(OCCC)c(C)c1C. The van der Waals surface area contributed by atoms with Crippen LogP contribution in [0.3, 0.4) is 0 Å². The summed E-state index contributed by atoms with van der Waals surface area (Å²) >= 11 is 0. The van der Waals surface area contributed by atoms with Gasteiger partial charge in [0.1, 0.15) is 5.75 Å². The molecule has 98 valence electrons. The number of ether oxygens (including phenoxy) is 1. The first-order valence-electron chi connectivity index (χ1n) is 6.74. The molecule has 0 radical (unpaired) electrons. The van der Waals surface area contributed by atoms with Gasteiger partial charge in [-0.3, -0.25) is 0 Å². The molecule has 1 nitrogen and oxygen atoms in total. The van der Waals surface area contributed by atoms with Crippen molar-refractivity contribution >= 4 is 0 Å². The highest BCUT2D eigenvalue weighted by Crippen LogP contribution is 2.26. The molecule has 0 fully saturated rings. The maximum absolute atomic E-state index is 5.75. The fraction of sp³-hybridized carbons (Fsp3) is 0.529. The summed E-state index contributed by atoms with van der Waals surface area (Å²) in [6, 6.07) is 4.28. The molecule has 0 aromatic heterocycles. The molecule has 0 heterocycles. The van der Waals surface area contributed by atoms with Crippen LogP contribution in [-0.4, -0.2) is 6.61 Å². The first kappa shape index (κ1) is 14.6. The van der Waals surface area contributed by atoms with E-state index in [0.29, 0.717) is 5.92 Å². The van der Waals surface area contributed by atoms with E-state index in [-0.39, 0.29) is 0 Å². The van der Waals surface area contributed by atoms with Gasteiger partial charge in [0.25, 0.3) is 0 Å². The van der Waals surface area contributed by atoms with E-state index in [1.807, 2.05) is 6.92 Å². The molecule has 0 aliphatic carbocycles. The van der Waals surface area contributed by atoms with Crippen LogP contribution in [0.25, 0.3) is 0 Å². The Morgan fingerprint density at radius 2 is 1.94 bits per heavy atom. The molecule has 1 aromatic carbocycles. The van der Waals surface area contributed by atoms with E-state index < -0.39 is 0 Å². The fourth-order valence-electron chi connectivity index (χ4n) is 2.07. The van der Waals surface area contributed by atoms with E-state index in [1.165, 1.54) is 16.7 Å². The van der Waals surface area contributed by atoms with E-state index in [4.69, 9.17) is 4.74 Å². The van der Waals surface area contributed by atoms with Crippen LogP contribution in [0, 0.1) is 31.6 Å². The van der Waals surface area contributed by atoms with Crippen LogP contribution in [0.5, 0.6) is 5.75 Å². The monoisotopic (exact) mass is 244 g/mol. The van der Waals surface area contributed by atoms with E-state index in [0.717, 1.165) is 25.2 Å². The molecule has 0 saturated heterocycles. The predicted molar refractivity (Wildman–Crippen MR) is 78.0 cm³/mol. The normalized spacial score (nSPS) is 11.6. The topological polar surface area (TPSA) is 9.23 Å². The summed E-state index contributed by atoms with van der Waals surface area (Å²) in [5.41, 5.74) is 3.98. The first-order valence-corrected chi connectivity index (χ1v) is 6.74. The number of benzene rings is 1. The van der Waals surface area contributed by atoms with Crippen molar-refractivity contribution in [3.63, 3.8) is 0 Å². The minimum Gasteiger partial charge on any atom is -0.493 e. The molecule has 18 heavy (non-hydrogen) atoms. The zero-order chi connectivity index (χ0) is 13.5. The molecule has 0 spiro atoms. The molecule has 1 aromatic rings. The van der Waals surface area contributed by atoms with Gasteiger partial charge in [0.05, 0.1) is 6.61 Å². The van der Waals surface area contributed by atoms with Crippen LogP contribution in [0.1, 0.15) is 43.9 Å². The Morgan fingerprint density at radius 3 is 2.56 bits per heavy atom. The molecule has 1 heteroatoms. The Kier molecular flexibility index (Phi) is 5.78. The van der Waals surface area contributed by atoms with Gasteiger partial charge in [0.2, 0.25) is 0 Å². The quantitative estimate of drug-likeness (QED) is 0.702. The molecule has 1 atom stereocenters. The lowest BCUT2D eigenvalue weighted by molar-refractivity contribution is 0.315. The second kappa shape index (κ2) is 7.11. The van der Waals surface area contributed by atoms with Crippen LogP contribution in [0.2, 0.25) is 0 Å². The molecule has 1 rings (SSSR count). The van der Waals surface area contributed by atoms with Crippen molar-refractivity contribution in [3.8, 4) is 17.6 Å². The lowest BCUT2D eigenvalue weighted by Gasteiger charge is -2.15. The van der Waals surface area contributed by atoms with Crippen LogP contribution in [0.15, 0.2) is 12.1 Å². The Hall–Kier alpha value is -1.42. The number of rotatable bonds is 5. The maximum atomic E-state index is 5.75. The number of hydrogen-bond donors (Lipinski definition) is 0. The van der Waals surface area contributed by atoms with Crippen molar-refractivity contribution in [2.45, 2.75) is 47.5 Å². The highest BCUT2D eigenvalue weighted by molar-refractivity contribution is 5.44. The van der Waals surface area contributed by atoms with Crippen molar-refractivity contribution in [1.29, 1.82) is 0 Å². The Bertz CT molecular complexity index is 449. The summed E-state index contributed by atoms with van der Waals surface area (Å²) in [5, 5.41) is 0. The second-order valence-corrected chi connectivity index (χ2v) is 4.82. The predicted octanol–water partition coefficient (Wildman–Crippen LogP) is 4.29. The average molecular weight is 244 g/mol. The van der Waals surface area contributed by atoms with Gasteiger partial charge < -0.3 is 4.74 Å². The lowest BCUT2D eigenvalue weighted by Crippen LogP contribution is -2.03. The van der Waals surface area contributed by atoms with Gasteiger partial charge in [-0.05, 0) is 56.4 Å². The fourth-order valence-corrected chi connectivity index (χ4v) is 2.07. The molecule has 0 aliphatic heterocycles. The van der Waals surface area contributed by atoms with Gasteiger partial charge in [0.15, 0.2) is 0 Å².